The zero-order valence-corrected chi connectivity index (χ0v) is 12.8. The van der Waals surface area contributed by atoms with Crippen molar-refractivity contribution < 1.29 is 4.79 Å². The molecule has 1 aliphatic heterocycles. The van der Waals surface area contributed by atoms with Gasteiger partial charge in [0, 0.05) is 25.2 Å². The molecular formula is C14H29N3O. The molecule has 1 atom stereocenters. The molecule has 1 rings (SSSR count). The van der Waals surface area contributed by atoms with Gasteiger partial charge in [-0.15, -0.1) is 0 Å². The molecule has 1 N–H and O–H groups in total. The van der Waals surface area contributed by atoms with E-state index in [1.807, 2.05) is 19.0 Å². The van der Waals surface area contributed by atoms with Crippen molar-refractivity contribution in [3.63, 3.8) is 0 Å². The van der Waals surface area contributed by atoms with Crippen molar-refractivity contribution in [2.45, 2.75) is 58.2 Å². The predicted molar refractivity (Wildman–Crippen MR) is 75.6 cm³/mol. The predicted octanol–water partition coefficient (Wildman–Crippen LogP) is 1.32. The van der Waals surface area contributed by atoms with Crippen molar-refractivity contribution in [2.75, 3.05) is 27.2 Å². The third-order valence-corrected chi connectivity index (χ3v) is 3.98. The Morgan fingerprint density at radius 2 is 2.06 bits per heavy atom. The van der Waals surface area contributed by atoms with E-state index < -0.39 is 0 Å². The normalized spacial score (nSPS) is 25.6. The minimum Gasteiger partial charge on any atom is -0.344 e. The highest BCUT2D eigenvalue weighted by Gasteiger charge is 2.41. The topological polar surface area (TPSA) is 35.6 Å². The molecule has 1 saturated heterocycles. The number of likely N-dealkylation sites (N-methyl/N-ethyl adjacent to an activating group) is 1. The fourth-order valence-electron chi connectivity index (χ4n) is 3.08. The van der Waals surface area contributed by atoms with E-state index in [9.17, 15) is 4.79 Å². The Hall–Kier alpha value is -0.610. The summed E-state index contributed by atoms with van der Waals surface area (Å²) >= 11 is 0. The second-order valence-corrected chi connectivity index (χ2v) is 6.23. The summed E-state index contributed by atoms with van der Waals surface area (Å²) < 4.78 is 0. The highest BCUT2D eigenvalue weighted by Crippen LogP contribution is 2.29. The van der Waals surface area contributed by atoms with Gasteiger partial charge in [-0.05, 0) is 54.1 Å². The monoisotopic (exact) mass is 255 g/mol. The van der Waals surface area contributed by atoms with Crippen molar-refractivity contribution in [3.05, 3.63) is 0 Å². The summed E-state index contributed by atoms with van der Waals surface area (Å²) in [5, 5.41) is 3.16. The maximum atomic E-state index is 12.5. The number of nitrogens with zero attached hydrogens (tertiary/aromatic N) is 2. The molecule has 0 aromatic heterocycles. The Kier molecular flexibility index (Phi) is 5.17. The van der Waals surface area contributed by atoms with Crippen LogP contribution in [0.25, 0.3) is 0 Å². The molecular weight excluding hydrogens is 226 g/mol. The van der Waals surface area contributed by atoms with Crippen LogP contribution in [0.3, 0.4) is 0 Å². The van der Waals surface area contributed by atoms with Gasteiger partial charge < -0.3 is 10.2 Å². The molecule has 1 fully saturated rings. The van der Waals surface area contributed by atoms with Gasteiger partial charge in [-0.1, -0.05) is 0 Å². The molecule has 0 aromatic rings. The molecule has 1 unspecified atom stereocenters. The van der Waals surface area contributed by atoms with Crippen LogP contribution in [0.1, 0.15) is 40.5 Å². The summed E-state index contributed by atoms with van der Waals surface area (Å²) in [6.45, 7) is 10.6. The van der Waals surface area contributed by atoms with E-state index in [1.165, 1.54) is 0 Å². The number of carbonyl (C=O) groups excluding carboxylic acids is 1. The highest BCUT2D eigenvalue weighted by molar-refractivity contribution is 5.82. The number of hydrogen-bond acceptors (Lipinski definition) is 3. The summed E-state index contributed by atoms with van der Waals surface area (Å²) in [4.78, 5) is 16.8. The Morgan fingerprint density at radius 1 is 1.44 bits per heavy atom. The SMILES string of the molecule is CNCCC1C(=O)N(C)CCC(C)(C)N1C(C)C. The van der Waals surface area contributed by atoms with E-state index in [1.54, 1.807) is 0 Å². The van der Waals surface area contributed by atoms with Crippen molar-refractivity contribution in [1.82, 2.24) is 15.1 Å². The molecule has 0 aromatic carbocycles. The van der Waals surface area contributed by atoms with Gasteiger partial charge in [-0.25, -0.2) is 0 Å². The van der Waals surface area contributed by atoms with E-state index >= 15 is 0 Å². The van der Waals surface area contributed by atoms with Gasteiger partial charge in [-0.2, -0.15) is 0 Å². The average Bonchev–Trinajstić information content (AvgIpc) is 2.36. The maximum Gasteiger partial charge on any atom is 0.239 e. The average molecular weight is 255 g/mol. The minimum atomic E-state index is -0.0000463. The first-order valence-electron chi connectivity index (χ1n) is 6.99. The van der Waals surface area contributed by atoms with Crippen LogP contribution in [0.4, 0.5) is 0 Å². The van der Waals surface area contributed by atoms with Crippen LogP contribution in [0, 0.1) is 0 Å². The summed E-state index contributed by atoms with van der Waals surface area (Å²) in [5.41, 5.74) is 0.0764. The molecule has 1 heterocycles. The minimum absolute atomic E-state index is 0.0000463. The number of carbonyl (C=O) groups is 1. The lowest BCUT2D eigenvalue weighted by Gasteiger charge is -2.44. The summed E-state index contributed by atoms with van der Waals surface area (Å²) in [6.07, 6.45) is 1.91. The zero-order chi connectivity index (χ0) is 13.9. The van der Waals surface area contributed by atoms with Gasteiger partial charge >= 0.3 is 0 Å². The third-order valence-electron chi connectivity index (χ3n) is 3.98. The third kappa shape index (κ3) is 3.23. The Labute approximate surface area is 112 Å². The lowest BCUT2D eigenvalue weighted by molar-refractivity contribution is -0.136. The standard InChI is InChI=1S/C14H29N3O/c1-11(2)17-12(7-9-15-5)13(18)16(6)10-8-14(17,3)4/h11-12,15H,7-10H2,1-6H3. The molecule has 18 heavy (non-hydrogen) atoms. The number of hydrogen-bond donors (Lipinski definition) is 1. The second kappa shape index (κ2) is 6.02. The van der Waals surface area contributed by atoms with Crippen molar-refractivity contribution in [2.24, 2.45) is 0 Å². The number of nitrogens with one attached hydrogen (secondary N) is 1. The Balaban J connectivity index is 3.03. The van der Waals surface area contributed by atoms with E-state index in [2.05, 4.69) is 37.9 Å². The zero-order valence-electron chi connectivity index (χ0n) is 12.8. The van der Waals surface area contributed by atoms with Crippen LogP contribution in [0.5, 0.6) is 0 Å². The summed E-state index contributed by atoms with van der Waals surface area (Å²) in [6, 6.07) is 0.386. The summed E-state index contributed by atoms with van der Waals surface area (Å²) in [7, 11) is 3.87. The molecule has 1 amide bonds. The van der Waals surface area contributed by atoms with Crippen LogP contribution in [-0.2, 0) is 4.79 Å². The van der Waals surface area contributed by atoms with E-state index in [-0.39, 0.29) is 17.5 Å². The van der Waals surface area contributed by atoms with Crippen LogP contribution in [0.15, 0.2) is 0 Å². The van der Waals surface area contributed by atoms with Crippen LogP contribution in [-0.4, -0.2) is 60.5 Å². The molecule has 0 radical (unpaired) electrons. The molecule has 0 saturated carbocycles. The molecule has 0 bridgehead atoms. The molecule has 0 aliphatic carbocycles. The number of amides is 1. The van der Waals surface area contributed by atoms with Crippen molar-refractivity contribution in [1.29, 1.82) is 0 Å². The van der Waals surface area contributed by atoms with Gasteiger partial charge in [0.25, 0.3) is 0 Å². The highest BCUT2D eigenvalue weighted by atomic mass is 16.2. The van der Waals surface area contributed by atoms with Crippen LogP contribution < -0.4 is 5.32 Å². The summed E-state index contributed by atoms with van der Waals surface area (Å²) in [5.74, 6) is 0.268. The lowest BCUT2D eigenvalue weighted by atomic mass is 9.94. The Bertz CT molecular complexity index is 289. The van der Waals surface area contributed by atoms with Gasteiger partial charge in [0.2, 0.25) is 5.91 Å². The van der Waals surface area contributed by atoms with Gasteiger partial charge in [0.05, 0.1) is 6.04 Å². The molecule has 4 heteroatoms. The fourth-order valence-corrected chi connectivity index (χ4v) is 3.08. The van der Waals surface area contributed by atoms with E-state index in [0.717, 1.165) is 25.9 Å². The molecule has 106 valence electrons. The van der Waals surface area contributed by atoms with Gasteiger partial charge in [0.15, 0.2) is 0 Å². The van der Waals surface area contributed by atoms with Crippen molar-refractivity contribution in [3.8, 4) is 0 Å². The fraction of sp³-hybridized carbons (Fsp3) is 0.929. The van der Waals surface area contributed by atoms with Crippen LogP contribution in [0.2, 0.25) is 0 Å². The van der Waals surface area contributed by atoms with Crippen LogP contribution >= 0.6 is 0 Å². The largest absolute Gasteiger partial charge is 0.344 e. The van der Waals surface area contributed by atoms with E-state index in [4.69, 9.17) is 0 Å². The molecule has 4 nitrogen and oxygen atoms in total. The van der Waals surface area contributed by atoms with E-state index in [0.29, 0.717) is 6.04 Å². The Morgan fingerprint density at radius 3 is 2.56 bits per heavy atom. The lowest BCUT2D eigenvalue weighted by Crippen LogP contribution is -2.56. The smallest absolute Gasteiger partial charge is 0.239 e. The maximum absolute atomic E-state index is 12.5. The van der Waals surface area contributed by atoms with Gasteiger partial charge in [-0.3, -0.25) is 9.69 Å². The quantitative estimate of drug-likeness (QED) is 0.823. The number of rotatable bonds is 4. The first-order valence-corrected chi connectivity index (χ1v) is 6.99. The molecule has 0 spiro atoms. The first-order chi connectivity index (χ1) is 8.31. The first kappa shape index (κ1) is 15.4. The van der Waals surface area contributed by atoms with Crippen molar-refractivity contribution >= 4 is 5.91 Å². The second-order valence-electron chi connectivity index (χ2n) is 6.23. The molecule has 1 aliphatic rings. The van der Waals surface area contributed by atoms with Gasteiger partial charge in [0.1, 0.15) is 0 Å².